The highest BCUT2D eigenvalue weighted by atomic mass is 32.1. The SMILES string of the molecule is COc1ccc(NC(=O)Cc2nnc(-c3sccc3C)o2)cc1OC. The highest BCUT2D eigenvalue weighted by molar-refractivity contribution is 7.13. The summed E-state index contributed by atoms with van der Waals surface area (Å²) in [5.41, 5.74) is 1.66. The van der Waals surface area contributed by atoms with E-state index in [4.69, 9.17) is 13.9 Å². The topological polar surface area (TPSA) is 86.5 Å². The van der Waals surface area contributed by atoms with Gasteiger partial charge in [-0.25, -0.2) is 0 Å². The molecule has 130 valence electrons. The Morgan fingerprint density at radius 1 is 1.20 bits per heavy atom. The van der Waals surface area contributed by atoms with E-state index in [1.807, 2.05) is 18.4 Å². The first kappa shape index (κ1) is 17.0. The molecule has 1 amide bonds. The minimum Gasteiger partial charge on any atom is -0.493 e. The van der Waals surface area contributed by atoms with Gasteiger partial charge in [0, 0.05) is 11.8 Å². The number of carbonyl (C=O) groups is 1. The van der Waals surface area contributed by atoms with Crippen molar-refractivity contribution in [2.75, 3.05) is 19.5 Å². The first-order valence-electron chi connectivity index (χ1n) is 7.49. The quantitative estimate of drug-likeness (QED) is 0.727. The zero-order chi connectivity index (χ0) is 17.8. The smallest absolute Gasteiger partial charge is 0.258 e. The van der Waals surface area contributed by atoms with Gasteiger partial charge in [0.15, 0.2) is 11.5 Å². The van der Waals surface area contributed by atoms with E-state index in [0.29, 0.717) is 23.1 Å². The summed E-state index contributed by atoms with van der Waals surface area (Å²) >= 11 is 1.52. The van der Waals surface area contributed by atoms with Crippen LogP contribution in [-0.4, -0.2) is 30.3 Å². The molecule has 0 aliphatic carbocycles. The van der Waals surface area contributed by atoms with Crippen LogP contribution in [0, 0.1) is 6.92 Å². The van der Waals surface area contributed by atoms with Crippen molar-refractivity contribution in [3.05, 3.63) is 41.1 Å². The first-order valence-corrected chi connectivity index (χ1v) is 8.37. The van der Waals surface area contributed by atoms with E-state index in [1.54, 1.807) is 25.3 Å². The van der Waals surface area contributed by atoms with Gasteiger partial charge in [0.1, 0.15) is 6.42 Å². The molecule has 0 spiro atoms. The molecule has 0 saturated carbocycles. The lowest BCUT2D eigenvalue weighted by Gasteiger charge is -2.10. The number of ether oxygens (including phenoxy) is 2. The predicted octanol–water partition coefficient (Wildman–Crippen LogP) is 3.30. The van der Waals surface area contributed by atoms with Gasteiger partial charge in [-0.1, -0.05) is 0 Å². The number of hydrogen-bond acceptors (Lipinski definition) is 7. The third-order valence-corrected chi connectivity index (χ3v) is 4.51. The Labute approximate surface area is 148 Å². The van der Waals surface area contributed by atoms with Gasteiger partial charge < -0.3 is 19.2 Å². The molecule has 3 aromatic rings. The number of methoxy groups -OCH3 is 2. The summed E-state index contributed by atoms with van der Waals surface area (Å²) in [5.74, 6) is 1.56. The lowest BCUT2D eigenvalue weighted by Crippen LogP contribution is -2.14. The number of carbonyl (C=O) groups excluding carboxylic acids is 1. The summed E-state index contributed by atoms with van der Waals surface area (Å²) in [4.78, 5) is 13.1. The van der Waals surface area contributed by atoms with E-state index in [1.165, 1.54) is 18.4 Å². The maximum atomic E-state index is 12.2. The summed E-state index contributed by atoms with van der Waals surface area (Å²) in [6, 6.07) is 7.12. The van der Waals surface area contributed by atoms with E-state index in [9.17, 15) is 4.79 Å². The fourth-order valence-electron chi connectivity index (χ4n) is 2.27. The number of hydrogen-bond donors (Lipinski definition) is 1. The summed E-state index contributed by atoms with van der Waals surface area (Å²) in [7, 11) is 3.09. The number of aromatic nitrogens is 2. The van der Waals surface area contributed by atoms with Crippen LogP contribution in [0.3, 0.4) is 0 Å². The maximum Gasteiger partial charge on any atom is 0.258 e. The number of thiophene rings is 1. The maximum absolute atomic E-state index is 12.2. The highest BCUT2D eigenvalue weighted by Crippen LogP contribution is 2.30. The average Bonchev–Trinajstić information content (AvgIpc) is 3.23. The third kappa shape index (κ3) is 3.80. The van der Waals surface area contributed by atoms with Crippen LogP contribution < -0.4 is 14.8 Å². The first-order chi connectivity index (χ1) is 12.1. The van der Waals surface area contributed by atoms with Crippen LogP contribution in [-0.2, 0) is 11.2 Å². The van der Waals surface area contributed by atoms with Crippen LogP contribution in [0.25, 0.3) is 10.8 Å². The lowest BCUT2D eigenvalue weighted by molar-refractivity contribution is -0.115. The van der Waals surface area contributed by atoms with E-state index >= 15 is 0 Å². The van der Waals surface area contributed by atoms with Crippen molar-refractivity contribution in [2.45, 2.75) is 13.3 Å². The van der Waals surface area contributed by atoms with Gasteiger partial charge in [-0.2, -0.15) is 0 Å². The molecule has 1 aromatic carbocycles. The number of amides is 1. The lowest BCUT2D eigenvalue weighted by atomic mass is 10.2. The molecule has 2 heterocycles. The van der Waals surface area contributed by atoms with E-state index in [0.717, 1.165) is 10.4 Å². The van der Waals surface area contributed by atoms with Gasteiger partial charge in [-0.05, 0) is 36.1 Å². The number of rotatable bonds is 6. The Hall–Kier alpha value is -2.87. The molecule has 0 bridgehead atoms. The zero-order valence-electron chi connectivity index (χ0n) is 14.0. The van der Waals surface area contributed by atoms with Crippen molar-refractivity contribution < 1.29 is 18.7 Å². The molecule has 8 heteroatoms. The van der Waals surface area contributed by atoms with Crippen molar-refractivity contribution in [3.63, 3.8) is 0 Å². The summed E-state index contributed by atoms with van der Waals surface area (Å²) in [5, 5.41) is 12.7. The van der Waals surface area contributed by atoms with Gasteiger partial charge in [-0.15, -0.1) is 21.5 Å². The second kappa shape index (κ2) is 7.35. The van der Waals surface area contributed by atoms with Crippen LogP contribution in [0.4, 0.5) is 5.69 Å². The minimum atomic E-state index is -0.259. The van der Waals surface area contributed by atoms with Crippen molar-refractivity contribution in [2.24, 2.45) is 0 Å². The second-order valence-electron chi connectivity index (χ2n) is 5.23. The molecule has 0 fully saturated rings. The normalized spacial score (nSPS) is 10.5. The van der Waals surface area contributed by atoms with E-state index < -0.39 is 0 Å². The molecular formula is C17H17N3O4S. The number of benzene rings is 1. The molecule has 0 unspecified atom stereocenters. The third-order valence-electron chi connectivity index (χ3n) is 3.50. The number of nitrogens with one attached hydrogen (secondary N) is 1. The highest BCUT2D eigenvalue weighted by Gasteiger charge is 2.15. The fraction of sp³-hybridized carbons (Fsp3) is 0.235. The Bertz CT molecular complexity index is 888. The Kier molecular flexibility index (Phi) is 4.99. The average molecular weight is 359 g/mol. The van der Waals surface area contributed by atoms with Crippen molar-refractivity contribution in [3.8, 4) is 22.3 Å². The second-order valence-corrected chi connectivity index (χ2v) is 6.14. The van der Waals surface area contributed by atoms with E-state index in [-0.39, 0.29) is 18.2 Å². The van der Waals surface area contributed by atoms with Crippen LogP contribution in [0.2, 0.25) is 0 Å². The summed E-state index contributed by atoms with van der Waals surface area (Å²) < 4.78 is 16.0. The number of nitrogens with zero attached hydrogens (tertiary/aromatic N) is 2. The molecule has 0 radical (unpaired) electrons. The molecule has 25 heavy (non-hydrogen) atoms. The number of aryl methyl sites for hydroxylation is 1. The van der Waals surface area contributed by atoms with Crippen molar-refractivity contribution in [1.29, 1.82) is 0 Å². The molecule has 0 saturated heterocycles. The van der Waals surface area contributed by atoms with Crippen LogP contribution in [0.5, 0.6) is 11.5 Å². The van der Waals surface area contributed by atoms with Gasteiger partial charge in [-0.3, -0.25) is 4.79 Å². The van der Waals surface area contributed by atoms with Crippen molar-refractivity contribution >= 4 is 22.9 Å². The molecular weight excluding hydrogens is 342 g/mol. The Morgan fingerprint density at radius 3 is 2.68 bits per heavy atom. The predicted molar refractivity (Wildman–Crippen MR) is 94.2 cm³/mol. The monoisotopic (exact) mass is 359 g/mol. The summed E-state index contributed by atoms with van der Waals surface area (Å²) in [6.07, 6.45) is -0.00817. The largest absolute Gasteiger partial charge is 0.493 e. The van der Waals surface area contributed by atoms with Gasteiger partial charge in [0.25, 0.3) is 5.89 Å². The molecule has 3 rings (SSSR count). The standard InChI is InChI=1S/C17H17N3O4S/c1-10-6-7-25-16(10)17-20-19-15(24-17)9-14(21)18-11-4-5-12(22-2)13(8-11)23-3/h4-8H,9H2,1-3H3,(H,18,21). The van der Waals surface area contributed by atoms with Crippen molar-refractivity contribution in [1.82, 2.24) is 10.2 Å². The zero-order valence-corrected chi connectivity index (χ0v) is 14.8. The fourth-order valence-corrected chi connectivity index (χ4v) is 3.11. The number of anilines is 1. The van der Waals surface area contributed by atoms with Crippen LogP contribution in [0.1, 0.15) is 11.5 Å². The van der Waals surface area contributed by atoms with Crippen LogP contribution >= 0.6 is 11.3 Å². The Morgan fingerprint density at radius 2 is 2.00 bits per heavy atom. The molecule has 7 nitrogen and oxygen atoms in total. The minimum absolute atomic E-state index is 0.00817. The van der Waals surface area contributed by atoms with Gasteiger partial charge in [0.05, 0.1) is 19.1 Å². The van der Waals surface area contributed by atoms with Gasteiger partial charge >= 0.3 is 0 Å². The molecule has 1 N–H and O–H groups in total. The van der Waals surface area contributed by atoms with Crippen LogP contribution in [0.15, 0.2) is 34.1 Å². The van der Waals surface area contributed by atoms with Gasteiger partial charge in [0.2, 0.25) is 11.8 Å². The molecule has 2 aromatic heterocycles. The Balaban J connectivity index is 1.67. The molecule has 0 aliphatic heterocycles. The van der Waals surface area contributed by atoms with E-state index in [2.05, 4.69) is 15.5 Å². The molecule has 0 atom stereocenters. The summed E-state index contributed by atoms with van der Waals surface area (Å²) in [6.45, 7) is 1.97. The molecule has 0 aliphatic rings.